The fraction of sp³-hybridized carbons (Fsp3) is 0.750. The van der Waals surface area contributed by atoms with Gasteiger partial charge in [-0.15, -0.1) is 11.3 Å². The molecule has 1 fully saturated rings. The highest BCUT2D eigenvalue weighted by Gasteiger charge is 2.39. The van der Waals surface area contributed by atoms with E-state index in [1.54, 1.807) is 0 Å². The molecule has 2 N–H and O–H groups in total. The topological polar surface area (TPSA) is 29.3 Å². The first-order chi connectivity index (χ1) is 8.90. The van der Waals surface area contributed by atoms with Crippen LogP contribution in [-0.2, 0) is 6.42 Å². The van der Waals surface area contributed by atoms with Crippen LogP contribution in [0.15, 0.2) is 17.5 Å². The van der Waals surface area contributed by atoms with Crippen molar-refractivity contribution in [3.63, 3.8) is 0 Å². The summed E-state index contributed by atoms with van der Waals surface area (Å²) in [6.45, 7) is 8.09. The molecule has 0 aromatic carbocycles. The minimum absolute atomic E-state index is 0.322. The molecule has 0 radical (unpaired) electrons. The van der Waals surface area contributed by atoms with E-state index in [-0.39, 0.29) is 0 Å². The zero-order valence-corrected chi connectivity index (χ0v) is 13.5. The van der Waals surface area contributed by atoms with Crippen LogP contribution in [0.25, 0.3) is 0 Å². The van der Waals surface area contributed by atoms with Gasteiger partial charge < -0.3 is 10.6 Å². The van der Waals surface area contributed by atoms with E-state index >= 15 is 0 Å². The molecule has 0 bridgehead atoms. The van der Waals surface area contributed by atoms with Crippen molar-refractivity contribution >= 4 is 11.3 Å². The molecule has 108 valence electrons. The summed E-state index contributed by atoms with van der Waals surface area (Å²) in [4.78, 5) is 3.97. The number of likely N-dealkylation sites (N-methyl/N-ethyl adjacent to an activating group) is 1. The molecule has 3 atom stereocenters. The third-order valence-electron chi connectivity index (χ3n) is 4.92. The average molecular weight is 280 g/mol. The van der Waals surface area contributed by atoms with Crippen LogP contribution in [0.1, 0.15) is 38.5 Å². The molecule has 1 aromatic rings. The van der Waals surface area contributed by atoms with Gasteiger partial charge in [-0.25, -0.2) is 0 Å². The summed E-state index contributed by atoms with van der Waals surface area (Å²) < 4.78 is 0. The Morgan fingerprint density at radius 2 is 2.26 bits per heavy atom. The second-order valence-electron chi connectivity index (χ2n) is 6.89. The smallest absolute Gasteiger partial charge is 0.0131 e. The minimum Gasteiger partial charge on any atom is -0.327 e. The summed E-state index contributed by atoms with van der Waals surface area (Å²) in [5.74, 6) is 0.658. The lowest BCUT2D eigenvalue weighted by molar-refractivity contribution is 0.195. The molecule has 1 aliphatic rings. The molecule has 1 aliphatic carbocycles. The zero-order valence-electron chi connectivity index (χ0n) is 12.7. The zero-order chi connectivity index (χ0) is 14.0. The maximum Gasteiger partial charge on any atom is 0.0131 e. The van der Waals surface area contributed by atoms with E-state index in [2.05, 4.69) is 50.2 Å². The van der Waals surface area contributed by atoms with Crippen LogP contribution in [0.4, 0.5) is 0 Å². The van der Waals surface area contributed by atoms with E-state index in [9.17, 15) is 0 Å². The molecule has 0 aliphatic heterocycles. The third kappa shape index (κ3) is 3.59. The number of nitrogens with two attached hydrogens (primary N) is 1. The normalized spacial score (nSPS) is 27.9. The van der Waals surface area contributed by atoms with Crippen molar-refractivity contribution in [2.45, 2.75) is 52.1 Å². The fourth-order valence-corrected chi connectivity index (χ4v) is 4.00. The molecule has 1 saturated carbocycles. The van der Waals surface area contributed by atoms with Crippen molar-refractivity contribution in [1.82, 2.24) is 4.90 Å². The van der Waals surface area contributed by atoms with Gasteiger partial charge in [-0.05, 0) is 56.0 Å². The quantitative estimate of drug-likeness (QED) is 0.896. The summed E-state index contributed by atoms with van der Waals surface area (Å²) >= 11 is 1.86. The molecular weight excluding hydrogens is 252 g/mol. The van der Waals surface area contributed by atoms with Crippen molar-refractivity contribution in [2.75, 3.05) is 13.6 Å². The lowest BCUT2D eigenvalue weighted by Crippen LogP contribution is -2.43. The standard InChI is InChI=1S/C16H28N2S/c1-12(10-14-6-5-9-19-14)18(4)11-13-7-8-16(2,3)15(13)17/h5-6,9,12-13,15H,7-8,10-11,17H2,1-4H3. The molecular formula is C16H28N2S. The molecule has 1 aromatic heterocycles. The molecule has 3 heteroatoms. The van der Waals surface area contributed by atoms with Gasteiger partial charge >= 0.3 is 0 Å². The maximum absolute atomic E-state index is 6.42. The Bertz CT molecular complexity index is 385. The van der Waals surface area contributed by atoms with Gasteiger partial charge in [0, 0.05) is 23.5 Å². The Hall–Kier alpha value is -0.380. The Morgan fingerprint density at radius 3 is 2.79 bits per heavy atom. The SMILES string of the molecule is CC(Cc1cccs1)N(C)CC1CCC(C)(C)C1N. The highest BCUT2D eigenvalue weighted by atomic mass is 32.1. The van der Waals surface area contributed by atoms with Gasteiger partial charge in [-0.3, -0.25) is 0 Å². The van der Waals surface area contributed by atoms with Gasteiger partial charge in [0.05, 0.1) is 0 Å². The molecule has 1 heterocycles. The highest BCUT2D eigenvalue weighted by molar-refractivity contribution is 7.09. The van der Waals surface area contributed by atoms with Crippen LogP contribution in [-0.4, -0.2) is 30.6 Å². The van der Waals surface area contributed by atoms with Gasteiger partial charge in [-0.2, -0.15) is 0 Å². The van der Waals surface area contributed by atoms with E-state index in [1.807, 2.05) is 11.3 Å². The Morgan fingerprint density at radius 1 is 1.53 bits per heavy atom. The van der Waals surface area contributed by atoms with Crippen LogP contribution in [0, 0.1) is 11.3 Å². The first kappa shape index (κ1) is 15.0. The van der Waals surface area contributed by atoms with Gasteiger partial charge in [0.1, 0.15) is 0 Å². The molecule has 0 amide bonds. The summed E-state index contributed by atoms with van der Waals surface area (Å²) in [5, 5.41) is 2.16. The monoisotopic (exact) mass is 280 g/mol. The predicted molar refractivity (Wildman–Crippen MR) is 84.6 cm³/mol. The first-order valence-corrected chi connectivity index (χ1v) is 8.26. The Labute approximate surface area is 122 Å². The molecule has 2 nitrogen and oxygen atoms in total. The number of rotatable bonds is 5. The van der Waals surface area contributed by atoms with Gasteiger partial charge in [0.25, 0.3) is 0 Å². The number of nitrogens with zero attached hydrogens (tertiary/aromatic N) is 1. The van der Waals surface area contributed by atoms with Crippen molar-refractivity contribution in [1.29, 1.82) is 0 Å². The summed E-state index contributed by atoms with van der Waals surface area (Å²) in [5.41, 5.74) is 6.74. The number of thiophene rings is 1. The number of hydrogen-bond donors (Lipinski definition) is 1. The lowest BCUT2D eigenvalue weighted by atomic mass is 9.85. The Balaban J connectivity index is 1.85. The second-order valence-corrected chi connectivity index (χ2v) is 7.92. The van der Waals surface area contributed by atoms with Gasteiger partial charge in [-0.1, -0.05) is 19.9 Å². The average Bonchev–Trinajstić information content (AvgIpc) is 2.93. The molecule has 0 saturated heterocycles. The fourth-order valence-electron chi connectivity index (χ4n) is 3.17. The van der Waals surface area contributed by atoms with Crippen molar-refractivity contribution < 1.29 is 0 Å². The van der Waals surface area contributed by atoms with Crippen LogP contribution in [0.3, 0.4) is 0 Å². The summed E-state index contributed by atoms with van der Waals surface area (Å²) in [6, 6.07) is 5.32. The minimum atomic E-state index is 0.322. The van der Waals surface area contributed by atoms with E-state index < -0.39 is 0 Å². The van der Waals surface area contributed by atoms with E-state index in [0.29, 0.717) is 23.4 Å². The Kier molecular flexibility index (Phi) is 4.70. The second kappa shape index (κ2) is 5.94. The molecule has 2 rings (SSSR count). The highest BCUT2D eigenvalue weighted by Crippen LogP contribution is 2.40. The predicted octanol–water partition coefficient (Wildman–Crippen LogP) is 3.37. The van der Waals surface area contributed by atoms with Crippen molar-refractivity contribution in [2.24, 2.45) is 17.1 Å². The maximum atomic E-state index is 6.42. The number of hydrogen-bond acceptors (Lipinski definition) is 3. The van der Waals surface area contributed by atoms with Crippen LogP contribution >= 0.6 is 11.3 Å². The molecule has 19 heavy (non-hydrogen) atoms. The van der Waals surface area contributed by atoms with Gasteiger partial charge in [0.2, 0.25) is 0 Å². The van der Waals surface area contributed by atoms with Crippen LogP contribution in [0.2, 0.25) is 0 Å². The van der Waals surface area contributed by atoms with Crippen LogP contribution in [0.5, 0.6) is 0 Å². The van der Waals surface area contributed by atoms with Crippen LogP contribution < -0.4 is 5.73 Å². The van der Waals surface area contributed by atoms with E-state index in [1.165, 1.54) is 17.7 Å². The summed E-state index contributed by atoms with van der Waals surface area (Å²) in [7, 11) is 2.25. The van der Waals surface area contributed by atoms with Crippen molar-refractivity contribution in [3.8, 4) is 0 Å². The van der Waals surface area contributed by atoms with Gasteiger partial charge in [0.15, 0.2) is 0 Å². The van der Waals surface area contributed by atoms with E-state index in [4.69, 9.17) is 5.73 Å². The van der Waals surface area contributed by atoms with E-state index in [0.717, 1.165) is 13.0 Å². The molecule has 3 unspecified atom stereocenters. The summed E-state index contributed by atoms with van der Waals surface area (Å²) in [6.07, 6.45) is 3.70. The lowest BCUT2D eigenvalue weighted by Gasteiger charge is -2.32. The first-order valence-electron chi connectivity index (χ1n) is 7.38. The van der Waals surface area contributed by atoms with Crippen molar-refractivity contribution in [3.05, 3.63) is 22.4 Å². The molecule has 0 spiro atoms. The third-order valence-corrected chi connectivity index (χ3v) is 5.82. The largest absolute Gasteiger partial charge is 0.327 e.